The fourth-order valence-electron chi connectivity index (χ4n) is 3.08. The van der Waals surface area contributed by atoms with Crippen molar-refractivity contribution >= 4 is 5.69 Å². The van der Waals surface area contributed by atoms with Gasteiger partial charge in [0.25, 0.3) is 0 Å². The summed E-state index contributed by atoms with van der Waals surface area (Å²) in [6.07, 6.45) is 2.14. The van der Waals surface area contributed by atoms with Crippen LogP contribution < -0.4 is 0 Å². The van der Waals surface area contributed by atoms with Crippen molar-refractivity contribution in [1.82, 2.24) is 9.78 Å². The molecule has 1 aromatic rings. The average molecular weight is 237 g/mol. The van der Waals surface area contributed by atoms with E-state index in [-0.39, 0.29) is 16.2 Å². The molecule has 2 aliphatic heterocycles. The van der Waals surface area contributed by atoms with Gasteiger partial charge in [0.1, 0.15) is 11.4 Å². The van der Waals surface area contributed by atoms with Gasteiger partial charge in [-0.2, -0.15) is 5.10 Å². The molecular formula is C11H15N3O3. The van der Waals surface area contributed by atoms with Crippen molar-refractivity contribution in [3.63, 3.8) is 0 Å². The van der Waals surface area contributed by atoms with E-state index in [9.17, 15) is 10.1 Å². The molecule has 17 heavy (non-hydrogen) atoms. The van der Waals surface area contributed by atoms with E-state index in [1.165, 1.54) is 0 Å². The van der Waals surface area contributed by atoms with Gasteiger partial charge in [0.2, 0.25) is 0 Å². The molecule has 0 amide bonds. The van der Waals surface area contributed by atoms with Crippen LogP contribution in [0.5, 0.6) is 0 Å². The minimum atomic E-state index is -0.356. The third kappa shape index (κ3) is 1.47. The van der Waals surface area contributed by atoms with E-state index in [0.29, 0.717) is 23.9 Å². The van der Waals surface area contributed by atoms with Crippen LogP contribution in [0, 0.1) is 29.9 Å². The Kier molecular flexibility index (Phi) is 2.07. The fourth-order valence-corrected chi connectivity index (χ4v) is 3.08. The molecule has 1 aromatic heterocycles. The Morgan fingerprint density at radius 3 is 2.76 bits per heavy atom. The van der Waals surface area contributed by atoms with Crippen molar-refractivity contribution in [2.45, 2.75) is 38.8 Å². The molecule has 1 saturated carbocycles. The highest BCUT2D eigenvalue weighted by molar-refractivity contribution is 5.39. The normalized spacial score (nSPS) is 30.4. The standard InChI is InChI=1S/C11H15N3O3/c1-7-10(14(15)16)8(2)13(12-7)6-11-3-9(4-11)5-17-11/h9H,3-6H2,1-2H3. The molecule has 2 saturated heterocycles. The van der Waals surface area contributed by atoms with E-state index in [0.717, 1.165) is 19.4 Å². The maximum Gasteiger partial charge on any atom is 0.312 e. The van der Waals surface area contributed by atoms with Gasteiger partial charge >= 0.3 is 5.69 Å². The monoisotopic (exact) mass is 237 g/mol. The maximum atomic E-state index is 10.9. The third-order valence-electron chi connectivity index (χ3n) is 3.91. The van der Waals surface area contributed by atoms with Gasteiger partial charge in [-0.1, -0.05) is 0 Å². The zero-order chi connectivity index (χ0) is 12.2. The van der Waals surface area contributed by atoms with Gasteiger partial charge < -0.3 is 4.74 Å². The molecule has 0 unspecified atom stereocenters. The molecule has 6 nitrogen and oxygen atoms in total. The second kappa shape index (κ2) is 3.29. The van der Waals surface area contributed by atoms with Gasteiger partial charge in [-0.05, 0) is 32.6 Å². The Bertz CT molecular complexity index is 483. The van der Waals surface area contributed by atoms with E-state index in [1.54, 1.807) is 18.5 Å². The zero-order valence-corrected chi connectivity index (χ0v) is 9.97. The molecule has 0 atom stereocenters. The fraction of sp³-hybridized carbons (Fsp3) is 0.727. The number of aryl methyl sites for hydroxylation is 1. The van der Waals surface area contributed by atoms with Crippen LogP contribution in [0.2, 0.25) is 0 Å². The predicted molar refractivity (Wildman–Crippen MR) is 59.8 cm³/mol. The van der Waals surface area contributed by atoms with Gasteiger partial charge in [-0.3, -0.25) is 14.8 Å². The molecule has 1 aliphatic carbocycles. The van der Waals surface area contributed by atoms with Gasteiger partial charge in [-0.25, -0.2) is 0 Å². The lowest BCUT2D eigenvalue weighted by Crippen LogP contribution is -2.41. The van der Waals surface area contributed by atoms with Crippen LogP contribution in [0.1, 0.15) is 24.2 Å². The Labute approximate surface area is 98.7 Å². The molecule has 3 fully saturated rings. The van der Waals surface area contributed by atoms with Crippen LogP contribution in [0.15, 0.2) is 0 Å². The lowest BCUT2D eigenvalue weighted by atomic mass is 9.74. The highest BCUT2D eigenvalue weighted by Crippen LogP contribution is 2.49. The topological polar surface area (TPSA) is 70.2 Å². The molecule has 0 N–H and O–H groups in total. The summed E-state index contributed by atoms with van der Waals surface area (Å²) in [4.78, 5) is 10.5. The Morgan fingerprint density at radius 1 is 1.59 bits per heavy atom. The van der Waals surface area contributed by atoms with Crippen molar-refractivity contribution in [2.24, 2.45) is 5.92 Å². The van der Waals surface area contributed by atoms with Crippen molar-refractivity contribution in [3.05, 3.63) is 21.5 Å². The second-order valence-corrected chi connectivity index (χ2v) is 5.20. The summed E-state index contributed by atoms with van der Waals surface area (Å²) in [5.74, 6) is 0.696. The van der Waals surface area contributed by atoms with E-state index in [1.807, 2.05) is 0 Å². The van der Waals surface area contributed by atoms with E-state index in [4.69, 9.17) is 4.74 Å². The molecule has 3 aliphatic rings. The number of nitro groups is 1. The maximum absolute atomic E-state index is 10.9. The summed E-state index contributed by atoms with van der Waals surface area (Å²) in [7, 11) is 0. The van der Waals surface area contributed by atoms with Gasteiger partial charge in [0.15, 0.2) is 0 Å². The van der Waals surface area contributed by atoms with Crippen molar-refractivity contribution < 1.29 is 9.66 Å². The third-order valence-corrected chi connectivity index (χ3v) is 3.91. The van der Waals surface area contributed by atoms with Gasteiger partial charge in [0, 0.05) is 0 Å². The quantitative estimate of drug-likeness (QED) is 0.591. The van der Waals surface area contributed by atoms with Gasteiger partial charge in [-0.15, -0.1) is 0 Å². The number of ether oxygens (including phenoxy) is 1. The average Bonchev–Trinajstić information content (AvgIpc) is 2.80. The number of aromatic nitrogens is 2. The second-order valence-electron chi connectivity index (χ2n) is 5.20. The molecular weight excluding hydrogens is 222 g/mol. The Morgan fingerprint density at radius 2 is 2.29 bits per heavy atom. The summed E-state index contributed by atoms with van der Waals surface area (Å²) in [5, 5.41) is 15.2. The SMILES string of the molecule is Cc1nn(CC23CC(CO2)C3)c(C)c1[N+](=O)[O-]. The summed E-state index contributed by atoms with van der Waals surface area (Å²) in [5.41, 5.74) is 1.15. The first kappa shape index (κ1) is 10.7. The Hall–Kier alpha value is -1.43. The molecule has 4 rings (SSSR count). The van der Waals surface area contributed by atoms with Crippen molar-refractivity contribution in [1.29, 1.82) is 0 Å². The molecule has 0 aromatic carbocycles. The number of fused-ring (bicyclic) bond motifs is 1. The Balaban J connectivity index is 1.89. The van der Waals surface area contributed by atoms with E-state index < -0.39 is 0 Å². The number of hydrogen-bond donors (Lipinski definition) is 0. The van der Waals surface area contributed by atoms with Gasteiger partial charge in [0.05, 0.1) is 23.7 Å². The van der Waals surface area contributed by atoms with Crippen LogP contribution in [0.4, 0.5) is 5.69 Å². The minimum Gasteiger partial charge on any atom is -0.373 e. The first-order chi connectivity index (χ1) is 8.01. The first-order valence-corrected chi connectivity index (χ1v) is 5.83. The zero-order valence-electron chi connectivity index (χ0n) is 9.97. The predicted octanol–water partition coefficient (Wildman–Crippen LogP) is 1.59. The molecule has 0 spiro atoms. The smallest absolute Gasteiger partial charge is 0.312 e. The summed E-state index contributed by atoms with van der Waals surface area (Å²) in [6.45, 7) is 4.91. The lowest BCUT2D eigenvalue weighted by Gasteiger charge is -2.35. The van der Waals surface area contributed by atoms with Crippen LogP contribution >= 0.6 is 0 Å². The van der Waals surface area contributed by atoms with Crippen LogP contribution in [-0.4, -0.2) is 26.9 Å². The van der Waals surface area contributed by atoms with Crippen LogP contribution in [0.3, 0.4) is 0 Å². The molecule has 2 bridgehead atoms. The lowest BCUT2D eigenvalue weighted by molar-refractivity contribution is -0.386. The molecule has 6 heteroatoms. The number of rotatable bonds is 3. The largest absolute Gasteiger partial charge is 0.373 e. The van der Waals surface area contributed by atoms with Crippen LogP contribution in [0.25, 0.3) is 0 Å². The highest BCUT2D eigenvalue weighted by Gasteiger charge is 2.52. The molecule has 0 radical (unpaired) electrons. The first-order valence-electron chi connectivity index (χ1n) is 5.83. The molecule has 3 heterocycles. The number of hydrogen-bond acceptors (Lipinski definition) is 4. The highest BCUT2D eigenvalue weighted by atomic mass is 16.6. The summed E-state index contributed by atoms with van der Waals surface area (Å²) < 4.78 is 7.48. The summed E-state index contributed by atoms with van der Waals surface area (Å²) in [6, 6.07) is 0. The summed E-state index contributed by atoms with van der Waals surface area (Å²) >= 11 is 0. The van der Waals surface area contributed by atoms with E-state index in [2.05, 4.69) is 5.10 Å². The van der Waals surface area contributed by atoms with Crippen LogP contribution in [-0.2, 0) is 11.3 Å². The number of nitrogens with zero attached hydrogens (tertiary/aromatic N) is 3. The van der Waals surface area contributed by atoms with Crippen molar-refractivity contribution in [2.75, 3.05) is 6.61 Å². The minimum absolute atomic E-state index is 0.0955. The van der Waals surface area contributed by atoms with E-state index >= 15 is 0 Å². The molecule has 92 valence electrons. The van der Waals surface area contributed by atoms with Crippen molar-refractivity contribution in [3.8, 4) is 0 Å².